The standard InChI is InChI=1S/C5H6N3O.3C4H9.Sn/c1-4-6-3-7-5(8-4)9-2;3*1-3-4-2;/h1-2H3;3*1,3-4H2,2H3;. The monoisotopic (exact) mass is 415 g/mol. The number of aryl methyl sites for hydroxylation is 1. The van der Waals surface area contributed by atoms with E-state index in [1.165, 1.54) is 51.8 Å². The molecule has 4 nitrogen and oxygen atoms in total. The van der Waals surface area contributed by atoms with Gasteiger partial charge < -0.3 is 0 Å². The summed E-state index contributed by atoms with van der Waals surface area (Å²) in [6, 6.07) is 0.507. The Morgan fingerprint density at radius 2 is 1.32 bits per heavy atom. The van der Waals surface area contributed by atoms with Crippen molar-refractivity contribution in [2.24, 2.45) is 0 Å². The normalized spacial score (nSPS) is 11.7. The van der Waals surface area contributed by atoms with E-state index in [0.29, 0.717) is 6.01 Å². The van der Waals surface area contributed by atoms with Crippen LogP contribution in [0, 0.1) is 6.92 Å². The van der Waals surface area contributed by atoms with Crippen molar-refractivity contribution in [2.75, 3.05) is 7.11 Å². The Morgan fingerprint density at radius 1 is 0.818 bits per heavy atom. The zero-order chi connectivity index (χ0) is 16.4. The van der Waals surface area contributed by atoms with Gasteiger partial charge in [-0.1, -0.05) is 0 Å². The molecule has 5 heteroatoms. The van der Waals surface area contributed by atoms with Crippen molar-refractivity contribution in [1.82, 2.24) is 15.0 Å². The summed E-state index contributed by atoms with van der Waals surface area (Å²) < 4.78 is 10.6. The van der Waals surface area contributed by atoms with E-state index in [1.807, 2.05) is 6.92 Å². The molecule has 0 aliphatic rings. The van der Waals surface area contributed by atoms with Gasteiger partial charge in [0.15, 0.2) is 0 Å². The fourth-order valence-electron chi connectivity index (χ4n) is 3.04. The van der Waals surface area contributed by atoms with E-state index >= 15 is 0 Å². The minimum atomic E-state index is -2.55. The summed E-state index contributed by atoms with van der Waals surface area (Å²) in [5, 5.41) is 0. The minimum absolute atomic E-state index is 0.507. The van der Waals surface area contributed by atoms with E-state index in [2.05, 4.69) is 25.8 Å². The van der Waals surface area contributed by atoms with Crippen LogP contribution in [-0.2, 0) is 0 Å². The summed E-state index contributed by atoms with van der Waals surface area (Å²) in [7, 11) is 1.65. The Hall–Kier alpha value is -0.391. The zero-order valence-corrected chi connectivity index (χ0v) is 18.0. The van der Waals surface area contributed by atoms with Crippen molar-refractivity contribution in [3.63, 3.8) is 0 Å². The third kappa shape index (κ3) is 5.67. The molecule has 0 radical (unpaired) electrons. The molecule has 0 fully saturated rings. The molecule has 126 valence electrons. The van der Waals surface area contributed by atoms with Crippen LogP contribution >= 0.6 is 0 Å². The molecule has 22 heavy (non-hydrogen) atoms. The number of hydrogen-bond donors (Lipinski definition) is 0. The average Bonchev–Trinajstić information content (AvgIpc) is 2.54. The van der Waals surface area contributed by atoms with E-state index in [-0.39, 0.29) is 0 Å². The molecule has 0 aliphatic heterocycles. The van der Waals surface area contributed by atoms with Crippen molar-refractivity contribution >= 4 is 22.2 Å². The molecule has 0 bridgehead atoms. The van der Waals surface area contributed by atoms with Gasteiger partial charge in [-0.15, -0.1) is 0 Å². The Morgan fingerprint density at radius 3 is 1.73 bits per heavy atom. The molecule has 0 N–H and O–H groups in total. The summed E-state index contributed by atoms with van der Waals surface area (Å²) in [5.41, 5.74) is 0. The zero-order valence-electron chi connectivity index (χ0n) is 15.1. The third-order valence-electron chi connectivity index (χ3n) is 4.41. The van der Waals surface area contributed by atoms with Crippen molar-refractivity contribution in [2.45, 2.75) is 79.5 Å². The van der Waals surface area contributed by atoms with Crippen molar-refractivity contribution in [3.8, 4) is 6.01 Å². The van der Waals surface area contributed by atoms with Gasteiger partial charge in [0.05, 0.1) is 0 Å². The predicted molar refractivity (Wildman–Crippen MR) is 95.6 cm³/mol. The Bertz CT molecular complexity index is 418. The Balaban J connectivity index is 3.20. The first-order valence-electron chi connectivity index (χ1n) is 8.89. The van der Waals surface area contributed by atoms with Crippen LogP contribution in [0.15, 0.2) is 0 Å². The maximum atomic E-state index is 5.32. The number of unbranched alkanes of at least 4 members (excludes halogenated alkanes) is 3. The van der Waals surface area contributed by atoms with Crippen LogP contribution in [0.5, 0.6) is 6.01 Å². The molecule has 0 unspecified atom stereocenters. The van der Waals surface area contributed by atoms with E-state index in [4.69, 9.17) is 14.7 Å². The van der Waals surface area contributed by atoms with Gasteiger partial charge in [0.1, 0.15) is 0 Å². The van der Waals surface area contributed by atoms with Gasteiger partial charge in [0.2, 0.25) is 0 Å². The Kier molecular flexibility index (Phi) is 9.29. The number of methoxy groups -OCH3 is 1. The fourth-order valence-corrected chi connectivity index (χ4v) is 18.0. The second kappa shape index (κ2) is 10.4. The fraction of sp³-hybridized carbons (Fsp3) is 0.824. The molecule has 1 heterocycles. The van der Waals surface area contributed by atoms with E-state index in [1.54, 1.807) is 7.11 Å². The molecule has 0 aromatic carbocycles. The van der Waals surface area contributed by atoms with Crippen molar-refractivity contribution in [3.05, 3.63) is 5.82 Å². The number of rotatable bonds is 11. The van der Waals surface area contributed by atoms with Crippen LogP contribution < -0.4 is 8.58 Å². The van der Waals surface area contributed by atoms with Crippen LogP contribution in [0.2, 0.25) is 13.3 Å². The van der Waals surface area contributed by atoms with Gasteiger partial charge in [-0.05, 0) is 0 Å². The number of nitrogens with zero attached hydrogens (tertiary/aromatic N) is 3. The molecule has 0 spiro atoms. The van der Waals surface area contributed by atoms with E-state index in [9.17, 15) is 0 Å². The third-order valence-corrected chi connectivity index (χ3v) is 19.0. The molecular weight excluding hydrogens is 381 g/mol. The number of ether oxygens (including phenoxy) is 1. The first-order valence-corrected chi connectivity index (χ1v) is 16.4. The Labute approximate surface area is 140 Å². The summed E-state index contributed by atoms with van der Waals surface area (Å²) in [6.45, 7) is 8.82. The molecule has 1 aromatic heterocycles. The molecule has 0 saturated carbocycles. The van der Waals surface area contributed by atoms with Crippen LogP contribution in [0.4, 0.5) is 0 Å². The summed E-state index contributed by atoms with van der Waals surface area (Å²) in [6.07, 6.45) is 7.73. The first-order chi connectivity index (χ1) is 10.6. The van der Waals surface area contributed by atoms with Crippen LogP contribution in [0.3, 0.4) is 0 Å². The first kappa shape index (κ1) is 19.7. The topological polar surface area (TPSA) is 47.9 Å². The molecule has 0 saturated heterocycles. The molecule has 0 aliphatic carbocycles. The second-order valence-electron chi connectivity index (χ2n) is 6.28. The van der Waals surface area contributed by atoms with Crippen molar-refractivity contribution < 1.29 is 4.74 Å². The summed E-state index contributed by atoms with van der Waals surface area (Å²) in [5.74, 6) is 0.812. The van der Waals surface area contributed by atoms with Gasteiger partial charge in [-0.25, -0.2) is 0 Å². The van der Waals surface area contributed by atoms with Crippen LogP contribution in [-0.4, -0.2) is 40.4 Å². The summed E-state index contributed by atoms with van der Waals surface area (Å²) >= 11 is -2.55. The van der Waals surface area contributed by atoms with Gasteiger partial charge in [-0.3, -0.25) is 0 Å². The quantitative estimate of drug-likeness (QED) is 0.509. The molecular formula is C17H33N3OSn. The van der Waals surface area contributed by atoms with Gasteiger partial charge >= 0.3 is 140 Å². The molecule has 0 atom stereocenters. The predicted octanol–water partition coefficient (Wildman–Crippen LogP) is 4.24. The number of aromatic nitrogens is 3. The van der Waals surface area contributed by atoms with Gasteiger partial charge in [-0.2, -0.15) is 0 Å². The van der Waals surface area contributed by atoms with Crippen LogP contribution in [0.25, 0.3) is 0 Å². The van der Waals surface area contributed by atoms with Crippen LogP contribution in [0.1, 0.15) is 65.1 Å². The SMILES string of the molecule is CCC[CH2][Sn]([CH2]CCC)([CH2]CCC)[c]1nc(C)nc(OC)n1. The van der Waals surface area contributed by atoms with Gasteiger partial charge in [0, 0.05) is 0 Å². The van der Waals surface area contributed by atoms with E-state index in [0.717, 1.165) is 9.66 Å². The summed E-state index contributed by atoms with van der Waals surface area (Å²) in [4.78, 5) is 13.8. The molecule has 1 aromatic rings. The van der Waals surface area contributed by atoms with E-state index < -0.39 is 18.4 Å². The molecule has 0 amide bonds. The average molecular weight is 414 g/mol. The van der Waals surface area contributed by atoms with Crippen molar-refractivity contribution in [1.29, 1.82) is 0 Å². The number of hydrogen-bond acceptors (Lipinski definition) is 4. The maximum absolute atomic E-state index is 5.32. The second-order valence-corrected chi connectivity index (χ2v) is 19.1. The van der Waals surface area contributed by atoms with Gasteiger partial charge in [0.25, 0.3) is 0 Å². The molecule has 1 rings (SSSR count).